The van der Waals surface area contributed by atoms with Gasteiger partial charge < -0.3 is 14.9 Å². The second kappa shape index (κ2) is 6.73. The van der Waals surface area contributed by atoms with Crippen LogP contribution in [0.25, 0.3) is 32.7 Å². The summed E-state index contributed by atoms with van der Waals surface area (Å²) < 4.78 is 2.81. The van der Waals surface area contributed by atoms with Crippen LogP contribution in [-0.4, -0.2) is 19.5 Å². The molecule has 0 aliphatic rings. The van der Waals surface area contributed by atoms with E-state index in [0.29, 0.717) is 6.54 Å². The Morgan fingerprint density at radius 1 is 1.04 bits per heavy atom. The molecule has 0 radical (unpaired) electrons. The van der Waals surface area contributed by atoms with E-state index in [4.69, 9.17) is 12.2 Å². The fraction of sp³-hybridized carbons (Fsp3) is 0.136. The van der Waals surface area contributed by atoms with Crippen LogP contribution in [0.5, 0.6) is 0 Å². The van der Waals surface area contributed by atoms with Crippen molar-refractivity contribution in [2.24, 2.45) is 0 Å². The normalized spacial score (nSPS) is 11.5. The predicted molar refractivity (Wildman–Crippen MR) is 117 cm³/mol. The third-order valence-corrected chi connectivity index (χ3v) is 5.50. The summed E-state index contributed by atoms with van der Waals surface area (Å²) in [5, 5.41) is 6.97. The van der Waals surface area contributed by atoms with Gasteiger partial charge >= 0.3 is 0 Å². The molecule has 0 spiro atoms. The van der Waals surface area contributed by atoms with E-state index in [2.05, 4.69) is 86.4 Å². The van der Waals surface area contributed by atoms with Crippen molar-refractivity contribution < 1.29 is 0 Å². The average Bonchev–Trinajstić information content (AvgIpc) is 3.04. The molecule has 0 bridgehead atoms. The number of rotatable bonds is 4. The molecule has 138 valence electrons. The fourth-order valence-corrected chi connectivity index (χ4v) is 4.13. The van der Waals surface area contributed by atoms with Crippen LogP contribution >= 0.6 is 12.2 Å². The molecular formula is C22H19N5S. The second-order valence-corrected chi connectivity index (χ2v) is 7.16. The van der Waals surface area contributed by atoms with E-state index < -0.39 is 0 Å². The van der Waals surface area contributed by atoms with Gasteiger partial charge in [-0.1, -0.05) is 42.5 Å². The van der Waals surface area contributed by atoms with E-state index >= 15 is 0 Å². The van der Waals surface area contributed by atoms with Crippen molar-refractivity contribution in [3.8, 4) is 0 Å². The van der Waals surface area contributed by atoms with Crippen LogP contribution in [0.3, 0.4) is 0 Å². The first-order valence-corrected chi connectivity index (χ1v) is 9.73. The molecule has 0 amide bonds. The third-order valence-electron chi connectivity index (χ3n) is 5.17. The minimum absolute atomic E-state index is 0.692. The standard InChI is InChI=1S/C22H19N5S/c1-2-27-20-11-18-17(10-19(20)26-22(27)28)21(25-13-24-18)23-12-15-8-5-7-14-6-3-4-9-16(14)15/h3-11,13H,2,12H2,1H3,(H,26,28)(H,23,24,25). The quantitative estimate of drug-likeness (QED) is 0.405. The molecule has 0 aliphatic carbocycles. The van der Waals surface area contributed by atoms with Crippen molar-refractivity contribution >= 4 is 50.7 Å². The summed E-state index contributed by atoms with van der Waals surface area (Å²) in [4.78, 5) is 12.2. The summed E-state index contributed by atoms with van der Waals surface area (Å²) in [5.41, 5.74) is 4.21. The fourth-order valence-electron chi connectivity index (χ4n) is 3.79. The van der Waals surface area contributed by atoms with Gasteiger partial charge in [-0.2, -0.15) is 0 Å². The Hall–Kier alpha value is -3.25. The van der Waals surface area contributed by atoms with Crippen LogP contribution in [0.15, 0.2) is 60.9 Å². The zero-order chi connectivity index (χ0) is 19.1. The van der Waals surface area contributed by atoms with Gasteiger partial charge in [-0.05, 0) is 47.6 Å². The average molecular weight is 385 g/mol. The molecule has 0 unspecified atom stereocenters. The first-order valence-electron chi connectivity index (χ1n) is 9.32. The first kappa shape index (κ1) is 16.9. The van der Waals surface area contributed by atoms with Gasteiger partial charge in [0.2, 0.25) is 0 Å². The molecule has 0 fully saturated rings. The SMILES string of the molecule is CCn1c(=S)[nH]c2cc3c(NCc4cccc5ccccc45)ncnc3cc21. The van der Waals surface area contributed by atoms with Crippen molar-refractivity contribution in [1.82, 2.24) is 19.5 Å². The first-order chi connectivity index (χ1) is 13.7. The van der Waals surface area contributed by atoms with Crippen LogP contribution in [0, 0.1) is 4.77 Å². The zero-order valence-electron chi connectivity index (χ0n) is 15.4. The Morgan fingerprint density at radius 2 is 1.89 bits per heavy atom. The topological polar surface area (TPSA) is 58.5 Å². The van der Waals surface area contributed by atoms with Crippen LogP contribution in [0.1, 0.15) is 12.5 Å². The van der Waals surface area contributed by atoms with Crippen molar-refractivity contribution in [3.63, 3.8) is 0 Å². The number of anilines is 1. The van der Waals surface area contributed by atoms with Crippen molar-refractivity contribution in [1.29, 1.82) is 0 Å². The lowest BCUT2D eigenvalue weighted by Crippen LogP contribution is -2.03. The van der Waals surface area contributed by atoms with E-state index in [1.165, 1.54) is 16.3 Å². The van der Waals surface area contributed by atoms with Crippen LogP contribution in [-0.2, 0) is 13.1 Å². The maximum Gasteiger partial charge on any atom is 0.178 e. The minimum atomic E-state index is 0.692. The Labute approximate surface area is 167 Å². The summed E-state index contributed by atoms with van der Waals surface area (Å²) in [6.07, 6.45) is 1.61. The van der Waals surface area contributed by atoms with E-state index in [0.717, 1.165) is 39.1 Å². The molecule has 0 aliphatic heterocycles. The Bertz CT molecular complexity index is 1380. The highest BCUT2D eigenvalue weighted by Crippen LogP contribution is 2.26. The summed E-state index contributed by atoms with van der Waals surface area (Å²) >= 11 is 5.44. The maximum atomic E-state index is 5.44. The summed E-state index contributed by atoms with van der Waals surface area (Å²) in [6.45, 7) is 3.60. The predicted octanol–water partition coefficient (Wildman–Crippen LogP) is 5.43. The van der Waals surface area contributed by atoms with E-state index in [1.807, 2.05) is 0 Å². The van der Waals surface area contributed by atoms with Gasteiger partial charge in [0.15, 0.2) is 4.77 Å². The van der Waals surface area contributed by atoms with Crippen LogP contribution in [0.4, 0.5) is 5.82 Å². The highest BCUT2D eigenvalue weighted by molar-refractivity contribution is 7.71. The van der Waals surface area contributed by atoms with Crippen LogP contribution in [0.2, 0.25) is 0 Å². The van der Waals surface area contributed by atoms with E-state index in [9.17, 15) is 0 Å². The largest absolute Gasteiger partial charge is 0.365 e. The molecule has 0 atom stereocenters. The number of nitrogens with zero attached hydrogens (tertiary/aromatic N) is 3. The molecule has 5 rings (SSSR count). The number of hydrogen-bond donors (Lipinski definition) is 2. The van der Waals surface area contributed by atoms with Crippen molar-refractivity contribution in [2.75, 3.05) is 5.32 Å². The number of imidazole rings is 1. The molecular weight excluding hydrogens is 366 g/mol. The summed E-state index contributed by atoms with van der Waals surface area (Å²) in [7, 11) is 0. The van der Waals surface area contributed by atoms with Gasteiger partial charge in [0.1, 0.15) is 12.1 Å². The maximum absolute atomic E-state index is 5.44. The van der Waals surface area contributed by atoms with E-state index in [-0.39, 0.29) is 0 Å². The Kier molecular flexibility index (Phi) is 4.06. The number of H-pyrrole nitrogens is 1. The number of aryl methyl sites for hydroxylation is 1. The second-order valence-electron chi connectivity index (χ2n) is 6.78. The van der Waals surface area contributed by atoms with Gasteiger partial charge in [0.25, 0.3) is 0 Å². The van der Waals surface area contributed by atoms with Gasteiger partial charge in [-0.15, -0.1) is 0 Å². The lowest BCUT2D eigenvalue weighted by atomic mass is 10.0. The van der Waals surface area contributed by atoms with Crippen molar-refractivity contribution in [3.05, 3.63) is 71.3 Å². The molecule has 6 heteroatoms. The van der Waals surface area contributed by atoms with Gasteiger partial charge in [-0.25, -0.2) is 9.97 Å². The number of nitrogens with one attached hydrogen (secondary N) is 2. The van der Waals surface area contributed by atoms with Crippen molar-refractivity contribution in [2.45, 2.75) is 20.0 Å². The number of fused-ring (bicyclic) bond motifs is 3. The molecule has 5 aromatic rings. The number of aromatic nitrogens is 4. The molecule has 5 nitrogen and oxygen atoms in total. The number of hydrogen-bond acceptors (Lipinski definition) is 4. The third kappa shape index (κ3) is 2.73. The summed E-state index contributed by atoms with van der Waals surface area (Å²) in [5.74, 6) is 0.823. The molecule has 0 saturated carbocycles. The lowest BCUT2D eigenvalue weighted by Gasteiger charge is -2.11. The molecule has 2 heterocycles. The Balaban J connectivity index is 1.57. The monoisotopic (exact) mass is 385 g/mol. The number of benzene rings is 3. The van der Waals surface area contributed by atoms with Gasteiger partial charge in [0.05, 0.1) is 16.6 Å². The van der Waals surface area contributed by atoms with Crippen LogP contribution < -0.4 is 5.32 Å². The van der Waals surface area contributed by atoms with Gasteiger partial charge in [-0.3, -0.25) is 0 Å². The highest BCUT2D eigenvalue weighted by Gasteiger charge is 2.10. The molecule has 0 saturated heterocycles. The molecule has 2 aromatic heterocycles. The smallest absolute Gasteiger partial charge is 0.178 e. The molecule has 3 aromatic carbocycles. The highest BCUT2D eigenvalue weighted by atomic mass is 32.1. The summed E-state index contributed by atoms with van der Waals surface area (Å²) in [6, 6.07) is 19.0. The molecule has 2 N–H and O–H groups in total. The number of aromatic amines is 1. The molecule has 28 heavy (non-hydrogen) atoms. The van der Waals surface area contributed by atoms with Gasteiger partial charge in [0, 0.05) is 18.5 Å². The zero-order valence-corrected chi connectivity index (χ0v) is 16.3. The Morgan fingerprint density at radius 3 is 2.79 bits per heavy atom. The van der Waals surface area contributed by atoms with E-state index in [1.54, 1.807) is 6.33 Å². The lowest BCUT2D eigenvalue weighted by molar-refractivity contribution is 0.774. The minimum Gasteiger partial charge on any atom is -0.365 e.